The van der Waals surface area contributed by atoms with E-state index in [0.717, 1.165) is 0 Å². The Morgan fingerprint density at radius 1 is 1.67 bits per heavy atom. The molecule has 1 amide bonds. The molecule has 1 fully saturated rings. The largest absolute Gasteiger partial charge is 0.480 e. The summed E-state index contributed by atoms with van der Waals surface area (Å²) in [5.74, 6) is -0.935. The second kappa shape index (κ2) is 4.90. The molecule has 1 saturated heterocycles. The highest BCUT2D eigenvalue weighted by atomic mass is 127. The van der Waals surface area contributed by atoms with Crippen LogP contribution in [0.4, 0.5) is 0 Å². The molecule has 6 heteroatoms. The molecule has 86 valence electrons. The van der Waals surface area contributed by atoms with Crippen molar-refractivity contribution in [3.63, 3.8) is 0 Å². The van der Waals surface area contributed by atoms with Crippen molar-refractivity contribution >= 4 is 42.2 Å². The minimum absolute atomic E-state index is 0.0284. The standard InChI is InChI=1S/C9H14INO3S/c1-3-9(4-2)5-6(7(12)13)11(15-10)8(9)14/h6H,3-5H2,1-2H3,(H,12,13). The molecule has 0 aromatic heterocycles. The fourth-order valence-electron chi connectivity index (χ4n) is 2.02. The molecule has 15 heavy (non-hydrogen) atoms. The van der Waals surface area contributed by atoms with E-state index >= 15 is 0 Å². The van der Waals surface area contributed by atoms with E-state index in [9.17, 15) is 9.59 Å². The average Bonchev–Trinajstić information content (AvgIpc) is 2.52. The summed E-state index contributed by atoms with van der Waals surface area (Å²) >= 11 is 1.96. The molecule has 0 radical (unpaired) electrons. The second-order valence-electron chi connectivity index (χ2n) is 3.75. The molecule has 0 aromatic carbocycles. The number of amides is 1. The van der Waals surface area contributed by atoms with Crippen LogP contribution in [0.25, 0.3) is 0 Å². The topological polar surface area (TPSA) is 57.6 Å². The second-order valence-corrected chi connectivity index (χ2v) is 5.46. The zero-order chi connectivity index (χ0) is 11.6. The van der Waals surface area contributed by atoms with Gasteiger partial charge in [0, 0.05) is 30.3 Å². The molecule has 0 spiro atoms. The minimum Gasteiger partial charge on any atom is -0.480 e. The predicted octanol–water partition coefficient (Wildman–Crippen LogP) is 2.48. The van der Waals surface area contributed by atoms with Gasteiger partial charge in [-0.25, -0.2) is 4.79 Å². The van der Waals surface area contributed by atoms with Crippen LogP contribution in [0.3, 0.4) is 0 Å². The maximum absolute atomic E-state index is 12.1. The summed E-state index contributed by atoms with van der Waals surface area (Å²) in [6, 6.07) is -0.667. The Kier molecular flexibility index (Phi) is 4.28. The fourth-order valence-corrected chi connectivity index (χ4v) is 3.90. The molecular formula is C9H14INO3S. The van der Waals surface area contributed by atoms with Crippen molar-refractivity contribution in [3.8, 4) is 0 Å². The van der Waals surface area contributed by atoms with Crippen molar-refractivity contribution in [2.24, 2.45) is 5.41 Å². The molecule has 1 rings (SSSR count). The first-order valence-electron chi connectivity index (χ1n) is 4.87. The first kappa shape index (κ1) is 13.1. The first-order chi connectivity index (χ1) is 7.02. The number of carboxylic acids is 1. The maximum Gasteiger partial charge on any atom is 0.327 e. The summed E-state index contributed by atoms with van der Waals surface area (Å²) in [6.45, 7) is 3.89. The number of halogens is 1. The van der Waals surface area contributed by atoms with E-state index in [2.05, 4.69) is 0 Å². The van der Waals surface area contributed by atoms with Crippen LogP contribution < -0.4 is 0 Å². The summed E-state index contributed by atoms with van der Waals surface area (Å²) in [7, 11) is 1.18. The Labute approximate surface area is 105 Å². The molecule has 0 bridgehead atoms. The van der Waals surface area contributed by atoms with Gasteiger partial charge in [-0.2, -0.15) is 0 Å². The zero-order valence-corrected chi connectivity index (χ0v) is 11.7. The number of carbonyl (C=O) groups is 2. The quantitative estimate of drug-likeness (QED) is 0.629. The molecule has 1 heterocycles. The molecule has 1 N–H and O–H groups in total. The van der Waals surface area contributed by atoms with Crippen LogP contribution in [0.15, 0.2) is 0 Å². The predicted molar refractivity (Wildman–Crippen MR) is 67.5 cm³/mol. The van der Waals surface area contributed by atoms with Gasteiger partial charge in [0.05, 0.1) is 5.41 Å². The normalized spacial score (nSPS) is 24.6. The molecule has 1 atom stereocenters. The third-order valence-electron chi connectivity index (χ3n) is 3.23. The number of aliphatic carboxylic acids is 1. The lowest BCUT2D eigenvalue weighted by Crippen LogP contribution is -2.33. The van der Waals surface area contributed by atoms with E-state index in [-0.39, 0.29) is 5.91 Å². The van der Waals surface area contributed by atoms with Crippen molar-refractivity contribution in [3.05, 3.63) is 0 Å². The Bertz CT molecular complexity index is 281. The van der Waals surface area contributed by atoms with Crippen LogP contribution in [-0.2, 0) is 9.59 Å². The van der Waals surface area contributed by atoms with Gasteiger partial charge in [-0.15, -0.1) is 0 Å². The first-order valence-corrected chi connectivity index (χ1v) is 8.19. The molecule has 0 aliphatic carbocycles. The number of nitrogens with zero attached hydrogens (tertiary/aromatic N) is 1. The Morgan fingerprint density at radius 3 is 2.47 bits per heavy atom. The maximum atomic E-state index is 12.1. The van der Waals surface area contributed by atoms with Gasteiger partial charge in [0.25, 0.3) is 0 Å². The number of hydrogen-bond acceptors (Lipinski definition) is 3. The Balaban J connectivity index is 3.01. The van der Waals surface area contributed by atoms with E-state index in [1.807, 2.05) is 35.1 Å². The van der Waals surface area contributed by atoms with E-state index in [4.69, 9.17) is 5.11 Å². The molecule has 0 aromatic rings. The van der Waals surface area contributed by atoms with Crippen LogP contribution in [-0.4, -0.2) is 27.3 Å². The molecule has 1 unspecified atom stereocenters. The van der Waals surface area contributed by atoms with Crippen LogP contribution >= 0.6 is 30.3 Å². The van der Waals surface area contributed by atoms with Crippen LogP contribution in [0, 0.1) is 5.41 Å². The highest BCUT2D eigenvalue weighted by Crippen LogP contribution is 2.45. The van der Waals surface area contributed by atoms with Gasteiger partial charge in [0.15, 0.2) is 0 Å². The monoisotopic (exact) mass is 343 g/mol. The summed E-state index contributed by atoms with van der Waals surface area (Å²) < 4.78 is 1.40. The van der Waals surface area contributed by atoms with Crippen molar-refractivity contribution in [2.75, 3.05) is 0 Å². The average molecular weight is 343 g/mol. The van der Waals surface area contributed by atoms with Gasteiger partial charge in [-0.05, 0) is 19.3 Å². The molecule has 1 aliphatic rings. The SMILES string of the molecule is CCC1(CC)CC(C(=O)O)N(SI)C1=O. The molecule has 0 saturated carbocycles. The lowest BCUT2D eigenvalue weighted by molar-refractivity contribution is -0.143. The van der Waals surface area contributed by atoms with Crippen molar-refractivity contribution < 1.29 is 14.7 Å². The number of rotatable bonds is 4. The van der Waals surface area contributed by atoms with E-state index < -0.39 is 17.4 Å². The van der Waals surface area contributed by atoms with Crippen molar-refractivity contribution in [1.82, 2.24) is 4.31 Å². The highest BCUT2D eigenvalue weighted by Gasteiger charge is 2.52. The highest BCUT2D eigenvalue weighted by molar-refractivity contribution is 14.2. The van der Waals surface area contributed by atoms with Gasteiger partial charge in [0.2, 0.25) is 5.91 Å². The van der Waals surface area contributed by atoms with Crippen LogP contribution in [0.5, 0.6) is 0 Å². The van der Waals surface area contributed by atoms with Gasteiger partial charge < -0.3 is 5.11 Å². The summed E-state index contributed by atoms with van der Waals surface area (Å²) in [4.78, 5) is 23.1. The number of carboxylic acid groups (broad SMARTS) is 1. The van der Waals surface area contributed by atoms with E-state index in [0.29, 0.717) is 19.3 Å². The summed E-state index contributed by atoms with van der Waals surface area (Å²) in [5, 5.41) is 9.05. The molecular weight excluding hydrogens is 329 g/mol. The van der Waals surface area contributed by atoms with Gasteiger partial charge >= 0.3 is 5.97 Å². The zero-order valence-electron chi connectivity index (χ0n) is 8.70. The third-order valence-corrected chi connectivity index (χ3v) is 5.08. The van der Waals surface area contributed by atoms with Crippen molar-refractivity contribution in [1.29, 1.82) is 0 Å². The van der Waals surface area contributed by atoms with Gasteiger partial charge in [-0.1, -0.05) is 13.8 Å². The summed E-state index contributed by atoms with van der Waals surface area (Å²) in [5.41, 5.74) is -0.457. The van der Waals surface area contributed by atoms with Gasteiger partial charge in [0.1, 0.15) is 6.04 Å². The van der Waals surface area contributed by atoms with Crippen LogP contribution in [0.2, 0.25) is 0 Å². The molecule has 4 nitrogen and oxygen atoms in total. The fraction of sp³-hybridized carbons (Fsp3) is 0.778. The van der Waals surface area contributed by atoms with Crippen molar-refractivity contribution in [2.45, 2.75) is 39.2 Å². The smallest absolute Gasteiger partial charge is 0.327 e. The van der Waals surface area contributed by atoms with E-state index in [1.54, 1.807) is 0 Å². The minimum atomic E-state index is -0.906. The Hall–Kier alpha value is 0.0200. The number of carbonyl (C=O) groups excluding carboxylic acids is 1. The molecule has 1 aliphatic heterocycles. The number of hydrogen-bond donors (Lipinski definition) is 1. The lowest BCUT2D eigenvalue weighted by Gasteiger charge is -2.23. The lowest BCUT2D eigenvalue weighted by atomic mass is 9.80. The van der Waals surface area contributed by atoms with E-state index in [1.165, 1.54) is 13.4 Å². The Morgan fingerprint density at radius 2 is 2.20 bits per heavy atom. The van der Waals surface area contributed by atoms with Crippen LogP contribution in [0.1, 0.15) is 33.1 Å². The summed E-state index contributed by atoms with van der Waals surface area (Å²) in [6.07, 6.45) is 1.85. The van der Waals surface area contributed by atoms with Gasteiger partial charge in [-0.3, -0.25) is 9.10 Å². The third kappa shape index (κ3) is 2.11.